The Balaban J connectivity index is 2.38. The fourth-order valence-corrected chi connectivity index (χ4v) is 1.26. The van der Waals surface area contributed by atoms with E-state index in [1.54, 1.807) is 13.8 Å². The number of carbonyl (C=O) groups is 2. The van der Waals surface area contributed by atoms with Crippen molar-refractivity contribution < 1.29 is 14.3 Å². The Bertz CT molecular complexity index is 470. The number of amides is 2. The molecule has 0 aliphatic carbocycles. The summed E-state index contributed by atoms with van der Waals surface area (Å²) in [7, 11) is 0. The van der Waals surface area contributed by atoms with E-state index in [4.69, 9.17) is 4.74 Å². The molecular weight excluding hydrogens is 244 g/mol. The topological polar surface area (TPSA) is 67.4 Å². The highest BCUT2D eigenvalue weighted by Crippen LogP contribution is 2.16. The minimum absolute atomic E-state index is 0.138. The summed E-state index contributed by atoms with van der Waals surface area (Å²) >= 11 is 0. The van der Waals surface area contributed by atoms with Gasteiger partial charge in [-0.05, 0) is 37.1 Å². The van der Waals surface area contributed by atoms with E-state index >= 15 is 0 Å². The van der Waals surface area contributed by atoms with Gasteiger partial charge in [-0.3, -0.25) is 20.4 Å². The number of carbonyl (C=O) groups excluding carboxylic acids is 2. The maximum atomic E-state index is 11.4. The van der Waals surface area contributed by atoms with E-state index in [0.29, 0.717) is 5.75 Å². The lowest BCUT2D eigenvalue weighted by Crippen LogP contribution is -2.45. The fourth-order valence-electron chi connectivity index (χ4n) is 1.26. The minimum Gasteiger partial charge on any atom is -0.484 e. The van der Waals surface area contributed by atoms with E-state index in [2.05, 4.69) is 10.9 Å². The Morgan fingerprint density at radius 2 is 1.84 bits per heavy atom. The molecule has 1 aromatic rings. The smallest absolute Gasteiger partial charge is 0.276 e. The third-order valence-electron chi connectivity index (χ3n) is 2.70. The van der Waals surface area contributed by atoms with Crippen molar-refractivity contribution in [2.45, 2.75) is 27.7 Å². The second-order valence-corrected chi connectivity index (χ2v) is 4.73. The summed E-state index contributed by atoms with van der Waals surface area (Å²) in [4.78, 5) is 22.7. The van der Waals surface area contributed by atoms with Crippen LogP contribution in [0.4, 0.5) is 0 Å². The van der Waals surface area contributed by atoms with Crippen molar-refractivity contribution in [3.05, 3.63) is 29.3 Å². The van der Waals surface area contributed by atoms with Crippen molar-refractivity contribution in [3.8, 4) is 5.75 Å². The average molecular weight is 264 g/mol. The lowest BCUT2D eigenvalue weighted by molar-refractivity contribution is -0.131. The first kappa shape index (κ1) is 15.0. The van der Waals surface area contributed by atoms with E-state index in [1.165, 1.54) is 5.56 Å². The minimum atomic E-state index is -0.396. The fraction of sp³-hybridized carbons (Fsp3) is 0.429. The van der Waals surface area contributed by atoms with Gasteiger partial charge in [-0.25, -0.2) is 0 Å². The molecule has 0 saturated carbocycles. The first-order valence-corrected chi connectivity index (χ1v) is 6.19. The summed E-state index contributed by atoms with van der Waals surface area (Å²) in [5, 5.41) is 0. The van der Waals surface area contributed by atoms with Gasteiger partial charge in [-0.2, -0.15) is 0 Å². The van der Waals surface area contributed by atoms with Crippen molar-refractivity contribution in [2.75, 3.05) is 6.61 Å². The Kier molecular flexibility index (Phi) is 5.36. The number of nitrogens with one attached hydrogen (secondary N) is 2. The van der Waals surface area contributed by atoms with Crippen molar-refractivity contribution in [1.82, 2.24) is 10.9 Å². The van der Waals surface area contributed by atoms with Crippen molar-refractivity contribution >= 4 is 11.8 Å². The molecule has 0 bridgehead atoms. The standard InChI is InChI=1S/C14H20N2O3/c1-9(2)14(18)16-15-13(17)8-19-12-6-5-10(3)11(4)7-12/h5-7,9H,8H2,1-4H3,(H,15,17)(H,16,18). The van der Waals surface area contributed by atoms with Crippen LogP contribution in [0.5, 0.6) is 5.75 Å². The van der Waals surface area contributed by atoms with E-state index in [9.17, 15) is 9.59 Å². The van der Waals surface area contributed by atoms with Crippen LogP contribution in [-0.2, 0) is 9.59 Å². The maximum absolute atomic E-state index is 11.4. The van der Waals surface area contributed by atoms with Crippen LogP contribution in [0.15, 0.2) is 18.2 Å². The zero-order valence-corrected chi connectivity index (χ0v) is 11.7. The molecule has 1 rings (SSSR count). The summed E-state index contributed by atoms with van der Waals surface area (Å²) < 4.78 is 5.33. The Hall–Kier alpha value is -2.04. The van der Waals surface area contributed by atoms with E-state index < -0.39 is 5.91 Å². The number of hydrogen-bond donors (Lipinski definition) is 2. The molecule has 19 heavy (non-hydrogen) atoms. The molecule has 104 valence electrons. The van der Waals surface area contributed by atoms with Crippen LogP contribution in [0.3, 0.4) is 0 Å². The number of rotatable bonds is 4. The van der Waals surface area contributed by atoms with Gasteiger partial charge in [-0.15, -0.1) is 0 Å². The zero-order valence-electron chi connectivity index (χ0n) is 11.7. The Labute approximate surface area is 113 Å². The van der Waals surface area contributed by atoms with Gasteiger partial charge in [0.25, 0.3) is 5.91 Å². The number of hydrazine groups is 1. The molecule has 0 unspecified atom stereocenters. The lowest BCUT2D eigenvalue weighted by atomic mass is 10.1. The third kappa shape index (κ3) is 4.99. The Morgan fingerprint density at radius 1 is 1.16 bits per heavy atom. The molecule has 2 amide bonds. The van der Waals surface area contributed by atoms with Gasteiger partial charge in [0.15, 0.2) is 6.61 Å². The molecule has 2 N–H and O–H groups in total. The number of hydrogen-bond acceptors (Lipinski definition) is 3. The molecule has 0 aliphatic rings. The predicted octanol–water partition coefficient (Wildman–Crippen LogP) is 1.49. The van der Waals surface area contributed by atoms with Gasteiger partial charge in [0.05, 0.1) is 0 Å². The van der Waals surface area contributed by atoms with E-state index in [1.807, 2.05) is 32.0 Å². The number of ether oxygens (including phenoxy) is 1. The molecular formula is C14H20N2O3. The molecule has 0 spiro atoms. The lowest BCUT2D eigenvalue weighted by Gasteiger charge is -2.10. The monoisotopic (exact) mass is 264 g/mol. The van der Waals surface area contributed by atoms with Crippen LogP contribution in [0.25, 0.3) is 0 Å². The molecule has 0 aromatic heterocycles. The van der Waals surface area contributed by atoms with Gasteiger partial charge in [0.2, 0.25) is 5.91 Å². The highest BCUT2D eigenvalue weighted by molar-refractivity contribution is 5.83. The molecule has 0 atom stereocenters. The second kappa shape index (κ2) is 6.78. The highest BCUT2D eigenvalue weighted by Gasteiger charge is 2.08. The van der Waals surface area contributed by atoms with E-state index in [-0.39, 0.29) is 18.4 Å². The first-order chi connectivity index (χ1) is 8.90. The maximum Gasteiger partial charge on any atom is 0.276 e. The number of benzene rings is 1. The molecule has 0 fully saturated rings. The van der Waals surface area contributed by atoms with Crippen molar-refractivity contribution in [1.29, 1.82) is 0 Å². The van der Waals surface area contributed by atoms with Crippen molar-refractivity contribution in [3.63, 3.8) is 0 Å². The summed E-state index contributed by atoms with van der Waals surface area (Å²) in [6, 6.07) is 5.61. The van der Waals surface area contributed by atoms with Crippen LogP contribution in [0, 0.1) is 19.8 Å². The van der Waals surface area contributed by atoms with Crippen LogP contribution in [0.1, 0.15) is 25.0 Å². The zero-order chi connectivity index (χ0) is 14.4. The van der Waals surface area contributed by atoms with Crippen molar-refractivity contribution in [2.24, 2.45) is 5.92 Å². The Morgan fingerprint density at radius 3 is 2.42 bits per heavy atom. The van der Waals surface area contributed by atoms with Crippen LogP contribution in [0.2, 0.25) is 0 Å². The molecule has 1 aromatic carbocycles. The average Bonchev–Trinajstić information content (AvgIpc) is 2.37. The van der Waals surface area contributed by atoms with Gasteiger partial charge >= 0.3 is 0 Å². The summed E-state index contributed by atoms with van der Waals surface area (Å²) in [5.74, 6) is -0.179. The van der Waals surface area contributed by atoms with Gasteiger partial charge in [-0.1, -0.05) is 19.9 Å². The summed E-state index contributed by atoms with van der Waals surface area (Å²) in [6.45, 7) is 7.33. The normalized spacial score (nSPS) is 10.2. The summed E-state index contributed by atoms with van der Waals surface area (Å²) in [6.07, 6.45) is 0. The van der Waals surface area contributed by atoms with Gasteiger partial charge in [0, 0.05) is 5.92 Å². The molecule has 0 saturated heterocycles. The van der Waals surface area contributed by atoms with Gasteiger partial charge in [0.1, 0.15) is 5.75 Å². The molecule has 0 aliphatic heterocycles. The van der Waals surface area contributed by atoms with Crippen LogP contribution < -0.4 is 15.6 Å². The molecule has 5 nitrogen and oxygen atoms in total. The van der Waals surface area contributed by atoms with Crippen LogP contribution >= 0.6 is 0 Å². The van der Waals surface area contributed by atoms with E-state index in [0.717, 1.165) is 5.56 Å². The predicted molar refractivity (Wildman–Crippen MR) is 72.5 cm³/mol. The second-order valence-electron chi connectivity index (χ2n) is 4.73. The highest BCUT2D eigenvalue weighted by atomic mass is 16.5. The number of aryl methyl sites for hydroxylation is 2. The summed E-state index contributed by atoms with van der Waals surface area (Å²) in [5.41, 5.74) is 6.89. The molecule has 0 radical (unpaired) electrons. The SMILES string of the molecule is Cc1ccc(OCC(=O)NNC(=O)C(C)C)cc1C. The van der Waals surface area contributed by atoms with Crippen LogP contribution in [-0.4, -0.2) is 18.4 Å². The molecule has 5 heteroatoms. The largest absolute Gasteiger partial charge is 0.484 e. The quantitative estimate of drug-likeness (QED) is 0.810. The molecule has 0 heterocycles. The van der Waals surface area contributed by atoms with Gasteiger partial charge < -0.3 is 4.74 Å². The third-order valence-corrected chi connectivity index (χ3v) is 2.70. The first-order valence-electron chi connectivity index (χ1n) is 6.19.